The number of benzene rings is 2. The molecule has 172 valence electrons. The molecule has 5 nitrogen and oxygen atoms in total. The van der Waals surface area contributed by atoms with Crippen molar-refractivity contribution in [2.45, 2.75) is 63.8 Å². The summed E-state index contributed by atoms with van der Waals surface area (Å²) in [6, 6.07) is 14.3. The van der Waals surface area contributed by atoms with E-state index in [-0.39, 0.29) is 17.9 Å². The molecule has 2 aromatic rings. The zero-order valence-electron chi connectivity index (χ0n) is 19.7. The van der Waals surface area contributed by atoms with E-state index in [0.29, 0.717) is 19.7 Å². The maximum absolute atomic E-state index is 13.6. The lowest BCUT2D eigenvalue weighted by molar-refractivity contribution is -0.128. The van der Waals surface area contributed by atoms with E-state index in [1.807, 2.05) is 49.9 Å². The lowest BCUT2D eigenvalue weighted by Gasteiger charge is -2.36. The number of anilines is 1. The lowest BCUT2D eigenvalue weighted by atomic mass is 10.0. The van der Waals surface area contributed by atoms with Crippen LogP contribution in [0.4, 0.5) is 5.69 Å². The Labute approximate surface area is 195 Å². The number of amides is 2. The van der Waals surface area contributed by atoms with Crippen LogP contribution in [0, 0.1) is 19.8 Å². The fraction of sp³-hybridized carbons (Fsp3) is 0.462. The Bertz CT molecular complexity index is 960. The summed E-state index contributed by atoms with van der Waals surface area (Å²) < 4.78 is 5.53. The highest BCUT2D eigenvalue weighted by Gasteiger charge is 2.39. The molecular formula is C26H34N2O3S. The molecule has 0 aliphatic carbocycles. The number of aryl methyl sites for hydroxylation is 2. The van der Waals surface area contributed by atoms with Gasteiger partial charge in [0, 0.05) is 18.0 Å². The van der Waals surface area contributed by atoms with Crippen molar-refractivity contribution < 1.29 is 14.3 Å². The highest BCUT2D eigenvalue weighted by atomic mass is 32.2. The Morgan fingerprint density at radius 3 is 2.66 bits per heavy atom. The maximum atomic E-state index is 13.6. The Morgan fingerprint density at radius 2 is 1.91 bits per heavy atom. The lowest BCUT2D eigenvalue weighted by Crippen LogP contribution is -2.47. The first-order valence-corrected chi connectivity index (χ1v) is 12.2. The van der Waals surface area contributed by atoms with Gasteiger partial charge in [-0.15, -0.1) is 11.8 Å². The standard InChI is InChI=1S/C26H34N2O3S/c1-17(2)31-14-8-13-27-25(29)20(5)24-26(30)28(22-9-6-7-10-23(22)32-24)16-21-15-18(3)11-12-19(21)4/h6-7,9-12,15,17,20,24H,8,13-14,16H2,1-5H3,(H,27,29). The molecule has 2 unspecified atom stereocenters. The molecule has 0 aromatic heterocycles. The van der Waals surface area contributed by atoms with Crippen molar-refractivity contribution in [3.8, 4) is 0 Å². The molecule has 0 spiro atoms. The van der Waals surface area contributed by atoms with Crippen molar-refractivity contribution in [1.29, 1.82) is 0 Å². The maximum Gasteiger partial charge on any atom is 0.241 e. The van der Waals surface area contributed by atoms with Crippen LogP contribution >= 0.6 is 11.8 Å². The van der Waals surface area contributed by atoms with E-state index in [1.165, 1.54) is 17.3 Å². The summed E-state index contributed by atoms with van der Waals surface area (Å²) in [4.78, 5) is 29.3. The van der Waals surface area contributed by atoms with Gasteiger partial charge in [-0.25, -0.2) is 0 Å². The van der Waals surface area contributed by atoms with Gasteiger partial charge in [0.1, 0.15) is 5.25 Å². The number of nitrogens with one attached hydrogen (secondary N) is 1. The topological polar surface area (TPSA) is 58.6 Å². The molecule has 0 fully saturated rings. The van der Waals surface area contributed by atoms with Crippen LogP contribution in [-0.2, 0) is 20.9 Å². The number of hydrogen-bond donors (Lipinski definition) is 1. The summed E-state index contributed by atoms with van der Waals surface area (Å²) >= 11 is 1.49. The van der Waals surface area contributed by atoms with Crippen LogP contribution in [0.5, 0.6) is 0 Å². The number of carbonyl (C=O) groups is 2. The van der Waals surface area contributed by atoms with E-state index in [9.17, 15) is 9.59 Å². The zero-order chi connectivity index (χ0) is 23.3. The van der Waals surface area contributed by atoms with Crippen LogP contribution in [0.15, 0.2) is 47.4 Å². The molecule has 3 rings (SSSR count). The molecule has 1 N–H and O–H groups in total. The molecule has 1 heterocycles. The summed E-state index contributed by atoms with van der Waals surface area (Å²) in [5, 5.41) is 2.52. The van der Waals surface area contributed by atoms with E-state index in [2.05, 4.69) is 37.4 Å². The number of hydrogen-bond acceptors (Lipinski definition) is 4. The van der Waals surface area contributed by atoms with Gasteiger partial charge in [-0.3, -0.25) is 9.59 Å². The fourth-order valence-electron chi connectivity index (χ4n) is 3.76. The van der Waals surface area contributed by atoms with E-state index in [4.69, 9.17) is 4.74 Å². The predicted octanol–water partition coefficient (Wildman–Crippen LogP) is 4.88. The third-order valence-electron chi connectivity index (χ3n) is 5.69. The van der Waals surface area contributed by atoms with Crippen LogP contribution in [0.2, 0.25) is 0 Å². The van der Waals surface area contributed by atoms with Crippen LogP contribution < -0.4 is 10.2 Å². The molecule has 0 saturated carbocycles. The normalized spacial score (nSPS) is 16.8. The average Bonchev–Trinajstić information content (AvgIpc) is 2.76. The number of carbonyl (C=O) groups excluding carboxylic acids is 2. The van der Waals surface area contributed by atoms with E-state index in [0.717, 1.165) is 28.1 Å². The van der Waals surface area contributed by atoms with Crippen molar-refractivity contribution in [2.24, 2.45) is 5.92 Å². The van der Waals surface area contributed by atoms with Crippen LogP contribution in [0.25, 0.3) is 0 Å². The number of para-hydroxylation sites is 1. The Kier molecular flexibility index (Phi) is 8.38. The second kappa shape index (κ2) is 11.0. The third-order valence-corrected chi connectivity index (χ3v) is 7.15. The van der Waals surface area contributed by atoms with Gasteiger partial charge in [-0.2, -0.15) is 0 Å². The molecule has 0 bridgehead atoms. The molecule has 1 aliphatic rings. The van der Waals surface area contributed by atoms with Gasteiger partial charge >= 0.3 is 0 Å². The van der Waals surface area contributed by atoms with Gasteiger partial charge in [0.05, 0.1) is 24.3 Å². The SMILES string of the molecule is Cc1ccc(C)c(CN2C(=O)C(C(C)C(=O)NCCCOC(C)C)Sc3ccccc32)c1. The molecule has 1 aliphatic heterocycles. The molecule has 0 saturated heterocycles. The number of nitrogens with zero attached hydrogens (tertiary/aromatic N) is 1. The molecule has 0 radical (unpaired) electrons. The van der Waals surface area contributed by atoms with Crippen molar-refractivity contribution in [1.82, 2.24) is 5.32 Å². The first kappa shape index (κ1) is 24.3. The minimum absolute atomic E-state index is 0.0135. The van der Waals surface area contributed by atoms with Gasteiger partial charge < -0.3 is 15.0 Å². The minimum atomic E-state index is -0.457. The van der Waals surface area contributed by atoms with E-state index >= 15 is 0 Å². The van der Waals surface area contributed by atoms with Crippen molar-refractivity contribution in [2.75, 3.05) is 18.1 Å². The molecule has 2 amide bonds. The fourth-order valence-corrected chi connectivity index (χ4v) is 5.05. The summed E-state index contributed by atoms with van der Waals surface area (Å²) in [5.41, 5.74) is 4.37. The number of rotatable bonds is 9. The second-order valence-corrected chi connectivity index (χ2v) is 9.90. The number of ether oxygens (including phenoxy) is 1. The van der Waals surface area contributed by atoms with Gasteiger partial charge in [-0.1, -0.05) is 42.8 Å². The van der Waals surface area contributed by atoms with Crippen LogP contribution in [-0.4, -0.2) is 36.3 Å². The second-order valence-electron chi connectivity index (χ2n) is 8.71. The number of thioether (sulfide) groups is 1. The van der Waals surface area contributed by atoms with Gasteiger partial charge in [-0.05, 0) is 57.4 Å². The number of fused-ring (bicyclic) bond motifs is 1. The first-order chi connectivity index (χ1) is 15.3. The predicted molar refractivity (Wildman–Crippen MR) is 131 cm³/mol. The summed E-state index contributed by atoms with van der Waals surface area (Å²) in [6.45, 7) is 11.6. The molecule has 32 heavy (non-hydrogen) atoms. The van der Waals surface area contributed by atoms with Crippen molar-refractivity contribution in [3.63, 3.8) is 0 Å². The first-order valence-electron chi connectivity index (χ1n) is 11.3. The molecule has 2 atom stereocenters. The smallest absolute Gasteiger partial charge is 0.241 e. The van der Waals surface area contributed by atoms with E-state index in [1.54, 1.807) is 0 Å². The highest BCUT2D eigenvalue weighted by Crippen LogP contribution is 2.42. The van der Waals surface area contributed by atoms with Crippen molar-refractivity contribution in [3.05, 3.63) is 59.2 Å². The van der Waals surface area contributed by atoms with Gasteiger partial charge in [0.25, 0.3) is 0 Å². The molecule has 2 aromatic carbocycles. The minimum Gasteiger partial charge on any atom is -0.379 e. The largest absolute Gasteiger partial charge is 0.379 e. The van der Waals surface area contributed by atoms with Crippen LogP contribution in [0.3, 0.4) is 0 Å². The van der Waals surface area contributed by atoms with Gasteiger partial charge in [0.2, 0.25) is 11.8 Å². The van der Waals surface area contributed by atoms with Gasteiger partial charge in [0.15, 0.2) is 0 Å². The zero-order valence-corrected chi connectivity index (χ0v) is 20.5. The van der Waals surface area contributed by atoms with E-state index < -0.39 is 11.2 Å². The summed E-state index contributed by atoms with van der Waals surface area (Å²) in [6.07, 6.45) is 0.938. The molecule has 6 heteroatoms. The quantitative estimate of drug-likeness (QED) is 0.549. The highest BCUT2D eigenvalue weighted by molar-refractivity contribution is 8.01. The Morgan fingerprint density at radius 1 is 1.16 bits per heavy atom. The third kappa shape index (κ3) is 5.93. The average molecular weight is 455 g/mol. The van der Waals surface area contributed by atoms with Crippen LogP contribution in [0.1, 0.15) is 43.9 Å². The van der Waals surface area contributed by atoms with Crippen molar-refractivity contribution >= 4 is 29.3 Å². The summed E-state index contributed by atoms with van der Waals surface area (Å²) in [7, 11) is 0. The summed E-state index contributed by atoms with van der Waals surface area (Å²) in [5.74, 6) is -0.542. The Hall–Kier alpha value is -2.31. The monoisotopic (exact) mass is 454 g/mol. The Balaban J connectivity index is 1.75. The molecular weight excluding hydrogens is 420 g/mol.